The number of esters is 1. The highest BCUT2D eigenvalue weighted by molar-refractivity contribution is 6.00. The Hall–Kier alpha value is -3.68. The number of ketones is 1. The Bertz CT molecular complexity index is 864. The van der Waals surface area contributed by atoms with Crippen molar-refractivity contribution in [1.29, 1.82) is 0 Å². The smallest absolute Gasteiger partial charge is 0.307 e. The van der Waals surface area contributed by atoms with Crippen LogP contribution in [-0.2, 0) is 14.3 Å². The summed E-state index contributed by atoms with van der Waals surface area (Å²) in [6.45, 7) is 1.46. The number of hydrazine groups is 1. The van der Waals surface area contributed by atoms with Crippen molar-refractivity contribution in [3.05, 3.63) is 65.7 Å². The third kappa shape index (κ3) is 6.76. The van der Waals surface area contributed by atoms with Gasteiger partial charge in [-0.2, -0.15) is 0 Å². The van der Waals surface area contributed by atoms with Crippen LogP contribution in [0.1, 0.15) is 40.5 Å². The van der Waals surface area contributed by atoms with Gasteiger partial charge >= 0.3 is 5.97 Å². The van der Waals surface area contributed by atoms with Gasteiger partial charge in [-0.05, 0) is 43.3 Å². The molecular weight excluding hydrogens is 376 g/mol. The van der Waals surface area contributed by atoms with Gasteiger partial charge in [0.1, 0.15) is 5.75 Å². The molecule has 0 bridgehead atoms. The number of Topliss-reactive ketones (excluding diaryl/α,β-unsaturated/α-hetero) is 1. The van der Waals surface area contributed by atoms with E-state index in [-0.39, 0.29) is 18.6 Å². The molecule has 0 fully saturated rings. The van der Waals surface area contributed by atoms with Crippen LogP contribution in [0.2, 0.25) is 0 Å². The van der Waals surface area contributed by atoms with Crippen molar-refractivity contribution in [2.24, 2.45) is 0 Å². The van der Waals surface area contributed by atoms with Gasteiger partial charge in [-0.1, -0.05) is 18.2 Å². The van der Waals surface area contributed by atoms with Gasteiger partial charge in [0.25, 0.3) is 5.91 Å². The Kier molecular flexibility index (Phi) is 7.90. The minimum Gasteiger partial charge on any atom is -0.497 e. The fourth-order valence-electron chi connectivity index (χ4n) is 2.37. The lowest BCUT2D eigenvalue weighted by Gasteiger charge is -2.13. The molecule has 8 heteroatoms. The van der Waals surface area contributed by atoms with Gasteiger partial charge in [-0.3, -0.25) is 30.0 Å². The molecule has 1 unspecified atom stereocenters. The van der Waals surface area contributed by atoms with E-state index in [4.69, 9.17) is 9.47 Å². The monoisotopic (exact) mass is 398 g/mol. The highest BCUT2D eigenvalue weighted by Crippen LogP contribution is 2.14. The molecule has 8 nitrogen and oxygen atoms in total. The number of rotatable bonds is 8. The van der Waals surface area contributed by atoms with Crippen molar-refractivity contribution in [1.82, 2.24) is 10.9 Å². The Labute approximate surface area is 168 Å². The Balaban J connectivity index is 1.73. The summed E-state index contributed by atoms with van der Waals surface area (Å²) in [6.07, 6.45) is -1.42. The summed E-state index contributed by atoms with van der Waals surface area (Å²) < 4.78 is 10.1. The molecule has 2 amide bonds. The zero-order chi connectivity index (χ0) is 21.2. The summed E-state index contributed by atoms with van der Waals surface area (Å²) in [5.74, 6) is -1.47. The van der Waals surface area contributed by atoms with Crippen LogP contribution < -0.4 is 15.6 Å². The number of carbonyl (C=O) groups is 4. The highest BCUT2D eigenvalue weighted by atomic mass is 16.5. The molecular formula is C21H22N2O6. The molecule has 0 spiro atoms. The Morgan fingerprint density at radius 1 is 0.862 bits per heavy atom. The van der Waals surface area contributed by atoms with E-state index in [0.29, 0.717) is 16.9 Å². The maximum atomic E-state index is 12.3. The average Bonchev–Trinajstić information content (AvgIpc) is 2.76. The first-order valence-corrected chi connectivity index (χ1v) is 8.92. The number of hydrogen-bond acceptors (Lipinski definition) is 6. The number of methoxy groups -OCH3 is 1. The highest BCUT2D eigenvalue weighted by Gasteiger charge is 2.20. The Morgan fingerprint density at radius 2 is 1.52 bits per heavy atom. The van der Waals surface area contributed by atoms with Gasteiger partial charge in [-0.15, -0.1) is 0 Å². The number of amides is 2. The predicted molar refractivity (Wildman–Crippen MR) is 104 cm³/mol. The number of hydrogen-bond donors (Lipinski definition) is 2. The molecule has 2 aromatic rings. The second-order valence-corrected chi connectivity index (χ2v) is 6.09. The molecule has 2 aromatic carbocycles. The van der Waals surface area contributed by atoms with Gasteiger partial charge in [0.15, 0.2) is 6.10 Å². The third-order valence-corrected chi connectivity index (χ3v) is 3.96. The van der Waals surface area contributed by atoms with E-state index in [1.165, 1.54) is 14.0 Å². The van der Waals surface area contributed by atoms with Crippen LogP contribution in [0, 0.1) is 0 Å². The van der Waals surface area contributed by atoms with Crippen molar-refractivity contribution >= 4 is 23.6 Å². The predicted octanol–water partition coefficient (Wildman–Crippen LogP) is 2.05. The van der Waals surface area contributed by atoms with E-state index in [0.717, 1.165) is 0 Å². The van der Waals surface area contributed by atoms with E-state index >= 15 is 0 Å². The zero-order valence-electron chi connectivity index (χ0n) is 16.1. The largest absolute Gasteiger partial charge is 0.497 e. The van der Waals surface area contributed by atoms with Crippen molar-refractivity contribution in [2.45, 2.75) is 25.9 Å². The minimum absolute atomic E-state index is 0.197. The maximum absolute atomic E-state index is 12.3. The maximum Gasteiger partial charge on any atom is 0.307 e. The standard InChI is InChI=1S/C21H22N2O6/c1-14(20(26)15-8-10-17(28-2)11-9-15)29-19(25)13-12-18(24)22-23-21(27)16-6-4-3-5-7-16/h3-11,14H,12-13H2,1-2H3,(H,22,24)(H,23,27). The van der Waals surface area contributed by atoms with Gasteiger partial charge in [0.05, 0.1) is 13.5 Å². The van der Waals surface area contributed by atoms with Crippen molar-refractivity contribution in [2.75, 3.05) is 7.11 Å². The first kappa shape index (κ1) is 21.6. The van der Waals surface area contributed by atoms with E-state index < -0.39 is 23.9 Å². The van der Waals surface area contributed by atoms with E-state index in [1.807, 2.05) is 0 Å². The van der Waals surface area contributed by atoms with Gasteiger partial charge in [0, 0.05) is 17.5 Å². The first-order valence-electron chi connectivity index (χ1n) is 8.92. The molecule has 2 rings (SSSR count). The van der Waals surface area contributed by atoms with E-state index in [9.17, 15) is 19.2 Å². The van der Waals surface area contributed by atoms with Crippen molar-refractivity contribution in [3.63, 3.8) is 0 Å². The third-order valence-electron chi connectivity index (χ3n) is 3.96. The summed E-state index contributed by atoms with van der Waals surface area (Å²) in [4.78, 5) is 47.8. The molecule has 0 saturated carbocycles. The second-order valence-electron chi connectivity index (χ2n) is 6.09. The SMILES string of the molecule is COc1ccc(C(=O)C(C)OC(=O)CCC(=O)NNC(=O)c2ccccc2)cc1. The fraction of sp³-hybridized carbons (Fsp3) is 0.238. The van der Waals surface area contributed by atoms with E-state index in [1.54, 1.807) is 54.6 Å². The molecule has 29 heavy (non-hydrogen) atoms. The number of benzene rings is 2. The molecule has 0 aliphatic rings. The summed E-state index contributed by atoms with van der Waals surface area (Å²) >= 11 is 0. The molecule has 0 aliphatic carbocycles. The molecule has 152 valence electrons. The fourth-order valence-corrected chi connectivity index (χ4v) is 2.37. The van der Waals surface area contributed by atoms with Crippen LogP contribution in [0.25, 0.3) is 0 Å². The number of carbonyl (C=O) groups excluding carboxylic acids is 4. The molecule has 0 aromatic heterocycles. The van der Waals surface area contributed by atoms with Gasteiger partial charge in [0.2, 0.25) is 11.7 Å². The van der Waals surface area contributed by atoms with Gasteiger partial charge < -0.3 is 9.47 Å². The van der Waals surface area contributed by atoms with Crippen LogP contribution in [0.4, 0.5) is 0 Å². The quantitative estimate of drug-likeness (QED) is 0.400. The summed E-state index contributed by atoms with van der Waals surface area (Å²) in [7, 11) is 1.52. The lowest BCUT2D eigenvalue weighted by molar-refractivity contribution is -0.147. The lowest BCUT2D eigenvalue weighted by atomic mass is 10.1. The molecule has 2 N–H and O–H groups in total. The van der Waals surface area contributed by atoms with Crippen LogP contribution >= 0.6 is 0 Å². The van der Waals surface area contributed by atoms with Crippen LogP contribution in [0.15, 0.2) is 54.6 Å². The summed E-state index contributed by atoms with van der Waals surface area (Å²) in [5, 5.41) is 0. The average molecular weight is 398 g/mol. The van der Waals surface area contributed by atoms with Crippen molar-refractivity contribution < 1.29 is 28.7 Å². The summed E-state index contributed by atoms with van der Waals surface area (Å²) in [5.41, 5.74) is 5.25. The summed E-state index contributed by atoms with van der Waals surface area (Å²) in [6, 6.07) is 14.8. The number of ether oxygens (including phenoxy) is 2. The molecule has 1 atom stereocenters. The van der Waals surface area contributed by atoms with Crippen LogP contribution in [-0.4, -0.2) is 36.8 Å². The lowest BCUT2D eigenvalue weighted by Crippen LogP contribution is -2.41. The first-order chi connectivity index (χ1) is 13.9. The topological polar surface area (TPSA) is 111 Å². The molecule has 0 saturated heterocycles. The number of nitrogens with one attached hydrogen (secondary N) is 2. The second kappa shape index (κ2) is 10.6. The normalized spacial score (nSPS) is 11.1. The van der Waals surface area contributed by atoms with E-state index in [2.05, 4.69) is 10.9 Å². The van der Waals surface area contributed by atoms with Gasteiger partial charge in [-0.25, -0.2) is 0 Å². The Morgan fingerprint density at radius 3 is 2.14 bits per heavy atom. The molecule has 0 heterocycles. The minimum atomic E-state index is -0.989. The van der Waals surface area contributed by atoms with Crippen LogP contribution in [0.3, 0.4) is 0 Å². The van der Waals surface area contributed by atoms with Crippen molar-refractivity contribution in [3.8, 4) is 5.75 Å². The molecule has 0 radical (unpaired) electrons. The zero-order valence-corrected chi connectivity index (χ0v) is 16.1. The molecule has 0 aliphatic heterocycles. The van der Waals surface area contributed by atoms with Crippen LogP contribution in [0.5, 0.6) is 5.75 Å².